The molecule has 1 aromatic rings. The van der Waals surface area contributed by atoms with E-state index in [2.05, 4.69) is 11.8 Å². The predicted molar refractivity (Wildman–Crippen MR) is 97.3 cm³/mol. The van der Waals surface area contributed by atoms with Crippen LogP contribution in [0.15, 0.2) is 24.3 Å². The molecule has 0 bridgehead atoms. The molecular weight excluding hydrogens is 320 g/mol. The molecule has 6 nitrogen and oxygen atoms in total. The van der Waals surface area contributed by atoms with E-state index < -0.39 is 11.6 Å². The zero-order valence-electron chi connectivity index (χ0n) is 15.5. The lowest BCUT2D eigenvalue weighted by molar-refractivity contribution is 0.0130. The molecule has 1 aliphatic heterocycles. The Kier molecular flexibility index (Phi) is 5.93. The number of carbonyl (C=O) groups excluding carboxylic acids is 1. The van der Waals surface area contributed by atoms with Crippen LogP contribution in [-0.2, 0) is 4.74 Å². The van der Waals surface area contributed by atoms with Gasteiger partial charge in [-0.3, -0.25) is 0 Å². The number of ether oxygens (including phenoxy) is 1. The van der Waals surface area contributed by atoms with E-state index in [1.165, 1.54) is 0 Å². The molecule has 1 atom stereocenters. The minimum absolute atomic E-state index is 0.00968. The summed E-state index contributed by atoms with van der Waals surface area (Å²) in [5.74, 6) is -0.933. The van der Waals surface area contributed by atoms with Gasteiger partial charge in [0, 0.05) is 19.6 Å². The van der Waals surface area contributed by atoms with Crippen molar-refractivity contribution in [1.82, 2.24) is 4.90 Å². The summed E-state index contributed by atoms with van der Waals surface area (Å²) >= 11 is 0. The molecule has 0 unspecified atom stereocenters. The Morgan fingerprint density at radius 1 is 1.24 bits per heavy atom. The van der Waals surface area contributed by atoms with Gasteiger partial charge in [-0.1, -0.05) is 25.5 Å². The van der Waals surface area contributed by atoms with Crippen molar-refractivity contribution < 1.29 is 19.4 Å². The molecule has 1 saturated heterocycles. The highest BCUT2D eigenvalue weighted by Gasteiger charge is 2.33. The predicted octanol–water partition coefficient (Wildman–Crippen LogP) is 3.61. The third kappa shape index (κ3) is 4.87. The van der Waals surface area contributed by atoms with E-state index in [4.69, 9.17) is 4.74 Å². The lowest BCUT2D eigenvalue weighted by Gasteiger charge is -2.43. The smallest absolute Gasteiger partial charge is 0.410 e. The standard InChI is InChI=1S/C19H28N2O4/c1-5-8-14-13-20(16-10-7-6-9-15(16)17(22)23)11-12-21(14)18(24)25-19(2,3)4/h6-7,9-10,14H,5,8,11-13H2,1-4H3,(H,22,23)/t14-/m1/s1. The fraction of sp³-hybridized carbons (Fsp3) is 0.579. The first kappa shape index (κ1) is 19.1. The molecule has 1 aliphatic rings. The molecule has 2 rings (SSSR count). The second-order valence-corrected chi connectivity index (χ2v) is 7.38. The van der Waals surface area contributed by atoms with E-state index >= 15 is 0 Å². The van der Waals surface area contributed by atoms with Gasteiger partial charge in [0.05, 0.1) is 17.3 Å². The molecular formula is C19H28N2O4. The highest BCUT2D eigenvalue weighted by molar-refractivity contribution is 5.94. The Morgan fingerprint density at radius 2 is 1.92 bits per heavy atom. The number of carbonyl (C=O) groups is 2. The van der Waals surface area contributed by atoms with Crippen molar-refractivity contribution in [2.45, 2.75) is 52.2 Å². The summed E-state index contributed by atoms with van der Waals surface area (Å²) in [5, 5.41) is 9.42. The number of carboxylic acids is 1. The number of piperazine rings is 1. The highest BCUT2D eigenvalue weighted by Crippen LogP contribution is 2.26. The maximum absolute atomic E-state index is 12.5. The van der Waals surface area contributed by atoms with E-state index in [0.29, 0.717) is 30.9 Å². The highest BCUT2D eigenvalue weighted by atomic mass is 16.6. The van der Waals surface area contributed by atoms with Crippen molar-refractivity contribution in [1.29, 1.82) is 0 Å². The zero-order chi connectivity index (χ0) is 18.6. The Balaban J connectivity index is 2.19. The summed E-state index contributed by atoms with van der Waals surface area (Å²) in [6, 6.07) is 7.03. The monoisotopic (exact) mass is 348 g/mol. The van der Waals surface area contributed by atoms with Crippen molar-refractivity contribution in [3.05, 3.63) is 29.8 Å². The number of hydrogen-bond donors (Lipinski definition) is 1. The van der Waals surface area contributed by atoms with Gasteiger partial charge < -0.3 is 19.6 Å². The summed E-state index contributed by atoms with van der Waals surface area (Å²) in [6.45, 7) is 9.38. The van der Waals surface area contributed by atoms with Crippen molar-refractivity contribution in [2.75, 3.05) is 24.5 Å². The number of benzene rings is 1. The number of amides is 1. The van der Waals surface area contributed by atoms with Gasteiger partial charge in [0.2, 0.25) is 0 Å². The third-order valence-corrected chi connectivity index (χ3v) is 4.21. The Bertz CT molecular complexity index is 624. The molecule has 0 aromatic heterocycles. The second-order valence-electron chi connectivity index (χ2n) is 7.38. The number of carboxylic acid groups (broad SMARTS) is 1. The Morgan fingerprint density at radius 3 is 2.52 bits per heavy atom. The average Bonchev–Trinajstić information content (AvgIpc) is 2.53. The van der Waals surface area contributed by atoms with Crippen LogP contribution in [0, 0.1) is 0 Å². The van der Waals surface area contributed by atoms with Crippen LogP contribution in [-0.4, -0.2) is 53.3 Å². The summed E-state index contributed by atoms with van der Waals surface area (Å²) in [5.41, 5.74) is 0.476. The molecule has 0 saturated carbocycles. The van der Waals surface area contributed by atoms with E-state index in [1.54, 1.807) is 17.0 Å². The molecule has 0 radical (unpaired) electrons. The minimum atomic E-state index is -0.933. The van der Waals surface area contributed by atoms with E-state index in [9.17, 15) is 14.7 Å². The maximum Gasteiger partial charge on any atom is 0.410 e. The number of aromatic carboxylic acids is 1. The summed E-state index contributed by atoms with van der Waals surface area (Å²) in [6.07, 6.45) is 1.50. The summed E-state index contributed by atoms with van der Waals surface area (Å²) < 4.78 is 5.53. The van der Waals surface area contributed by atoms with Gasteiger partial charge in [-0.05, 0) is 39.3 Å². The van der Waals surface area contributed by atoms with E-state index in [-0.39, 0.29) is 12.1 Å². The van der Waals surface area contributed by atoms with Gasteiger partial charge in [0.1, 0.15) is 5.60 Å². The molecule has 25 heavy (non-hydrogen) atoms. The average molecular weight is 348 g/mol. The fourth-order valence-electron chi connectivity index (χ4n) is 3.15. The largest absolute Gasteiger partial charge is 0.478 e. The first-order valence-corrected chi connectivity index (χ1v) is 8.80. The van der Waals surface area contributed by atoms with Crippen LogP contribution in [0.1, 0.15) is 50.9 Å². The molecule has 1 heterocycles. The molecule has 1 N–H and O–H groups in total. The van der Waals surface area contributed by atoms with Crippen molar-refractivity contribution >= 4 is 17.7 Å². The van der Waals surface area contributed by atoms with Crippen LogP contribution in [0.4, 0.5) is 10.5 Å². The third-order valence-electron chi connectivity index (χ3n) is 4.21. The number of anilines is 1. The lowest BCUT2D eigenvalue weighted by Crippen LogP contribution is -2.56. The topological polar surface area (TPSA) is 70.1 Å². The number of hydrogen-bond acceptors (Lipinski definition) is 4. The molecule has 1 fully saturated rings. The lowest BCUT2D eigenvalue weighted by atomic mass is 10.0. The molecule has 138 valence electrons. The number of rotatable bonds is 4. The maximum atomic E-state index is 12.5. The van der Waals surface area contributed by atoms with Gasteiger partial charge in [-0.2, -0.15) is 0 Å². The zero-order valence-corrected chi connectivity index (χ0v) is 15.5. The normalized spacial score (nSPS) is 18.2. The van der Waals surface area contributed by atoms with Gasteiger partial charge in [-0.25, -0.2) is 9.59 Å². The van der Waals surface area contributed by atoms with Crippen LogP contribution in [0.3, 0.4) is 0 Å². The van der Waals surface area contributed by atoms with Crippen LogP contribution in [0.2, 0.25) is 0 Å². The first-order valence-electron chi connectivity index (χ1n) is 8.80. The summed E-state index contributed by atoms with van der Waals surface area (Å²) in [4.78, 5) is 27.8. The fourth-order valence-corrected chi connectivity index (χ4v) is 3.15. The quantitative estimate of drug-likeness (QED) is 0.900. The van der Waals surface area contributed by atoms with Gasteiger partial charge >= 0.3 is 12.1 Å². The van der Waals surface area contributed by atoms with Gasteiger partial charge in [0.25, 0.3) is 0 Å². The summed E-state index contributed by atoms with van der Waals surface area (Å²) in [7, 11) is 0. The van der Waals surface area contributed by atoms with Crippen molar-refractivity contribution in [2.24, 2.45) is 0 Å². The van der Waals surface area contributed by atoms with E-state index in [0.717, 1.165) is 12.8 Å². The first-order chi connectivity index (χ1) is 11.7. The molecule has 1 amide bonds. The van der Waals surface area contributed by atoms with Crippen molar-refractivity contribution in [3.8, 4) is 0 Å². The SMILES string of the molecule is CCC[C@@H]1CN(c2ccccc2C(=O)O)CCN1C(=O)OC(C)(C)C. The number of nitrogens with zero attached hydrogens (tertiary/aromatic N) is 2. The van der Waals surface area contributed by atoms with Crippen LogP contribution in [0.25, 0.3) is 0 Å². The van der Waals surface area contributed by atoms with Crippen molar-refractivity contribution in [3.63, 3.8) is 0 Å². The Hall–Kier alpha value is -2.24. The number of para-hydroxylation sites is 1. The molecule has 0 aliphatic carbocycles. The van der Waals surface area contributed by atoms with Gasteiger partial charge in [-0.15, -0.1) is 0 Å². The Labute approximate surface area is 149 Å². The van der Waals surface area contributed by atoms with Crippen LogP contribution in [0.5, 0.6) is 0 Å². The van der Waals surface area contributed by atoms with Crippen LogP contribution >= 0.6 is 0 Å². The molecule has 1 aromatic carbocycles. The van der Waals surface area contributed by atoms with Gasteiger partial charge in [0.15, 0.2) is 0 Å². The minimum Gasteiger partial charge on any atom is -0.478 e. The molecule has 6 heteroatoms. The van der Waals surface area contributed by atoms with Crippen LogP contribution < -0.4 is 4.90 Å². The van der Waals surface area contributed by atoms with E-state index in [1.807, 2.05) is 32.9 Å². The second kappa shape index (κ2) is 7.76. The molecule has 0 spiro atoms.